The van der Waals surface area contributed by atoms with Crippen molar-refractivity contribution >= 4 is 23.5 Å². The number of ether oxygens (including phenoxy) is 2. The Balaban J connectivity index is 3.05. The van der Waals surface area contributed by atoms with Gasteiger partial charge in [-0.25, -0.2) is 4.79 Å². The zero-order valence-corrected chi connectivity index (χ0v) is 10.8. The molecule has 0 amide bonds. The number of methoxy groups -OCH3 is 1. The summed E-state index contributed by atoms with van der Waals surface area (Å²) in [6, 6.07) is 5.06. The lowest BCUT2D eigenvalue weighted by Crippen LogP contribution is -2.18. The molecule has 0 fully saturated rings. The van der Waals surface area contributed by atoms with Crippen molar-refractivity contribution < 1.29 is 19.1 Å². The molecule has 0 spiro atoms. The Morgan fingerprint density at radius 2 is 2.06 bits per heavy atom. The largest absolute Gasteiger partial charge is 0.496 e. The molecule has 0 aliphatic rings. The molecule has 0 aliphatic heterocycles. The molecule has 0 atom stereocenters. The summed E-state index contributed by atoms with van der Waals surface area (Å²) >= 11 is 1.53. The van der Waals surface area contributed by atoms with E-state index in [0.717, 1.165) is 4.90 Å². The smallest absolute Gasteiger partial charge is 0.379 e. The number of hydrogen-bond acceptors (Lipinski definition) is 5. The average Bonchev–Trinajstić information content (AvgIpc) is 2.37. The maximum absolute atomic E-state index is 11.8. The minimum atomic E-state index is -0.859. The van der Waals surface area contributed by atoms with Crippen LogP contribution in [0.3, 0.4) is 0 Å². The Hall–Kier alpha value is -1.49. The summed E-state index contributed by atoms with van der Waals surface area (Å²) in [7, 11) is 1.46. The molecular formula is C12H14O4S. The quantitative estimate of drug-likeness (QED) is 0.349. The number of benzene rings is 1. The van der Waals surface area contributed by atoms with E-state index < -0.39 is 11.8 Å². The van der Waals surface area contributed by atoms with Crippen LogP contribution in [0.5, 0.6) is 5.75 Å². The predicted molar refractivity (Wildman–Crippen MR) is 65.7 cm³/mol. The molecule has 4 nitrogen and oxygen atoms in total. The van der Waals surface area contributed by atoms with E-state index in [1.807, 2.05) is 6.26 Å². The third-order valence-electron chi connectivity index (χ3n) is 2.11. The van der Waals surface area contributed by atoms with Gasteiger partial charge in [-0.1, -0.05) is 0 Å². The van der Waals surface area contributed by atoms with Gasteiger partial charge in [-0.2, -0.15) is 0 Å². The van der Waals surface area contributed by atoms with E-state index in [1.54, 1.807) is 25.1 Å². The van der Waals surface area contributed by atoms with Crippen LogP contribution in [0.15, 0.2) is 23.1 Å². The first-order valence-electron chi connectivity index (χ1n) is 5.07. The summed E-state index contributed by atoms with van der Waals surface area (Å²) in [6.45, 7) is 1.83. The Morgan fingerprint density at radius 3 is 2.59 bits per heavy atom. The molecule has 0 saturated heterocycles. The second-order valence-electron chi connectivity index (χ2n) is 3.12. The minimum absolute atomic E-state index is 0.176. The van der Waals surface area contributed by atoms with Crippen LogP contribution in [0.1, 0.15) is 17.3 Å². The molecule has 1 aromatic rings. The van der Waals surface area contributed by atoms with Gasteiger partial charge in [-0.3, -0.25) is 4.79 Å². The second-order valence-corrected chi connectivity index (χ2v) is 4.00. The summed E-state index contributed by atoms with van der Waals surface area (Å²) < 4.78 is 9.76. The standard InChI is InChI=1S/C12H14O4S/c1-4-16-12(14)11(13)9-6-5-8(17-3)7-10(9)15-2/h5-7H,4H2,1-3H3. The number of esters is 1. The van der Waals surface area contributed by atoms with Gasteiger partial charge in [0.25, 0.3) is 5.78 Å². The van der Waals surface area contributed by atoms with Gasteiger partial charge in [0.15, 0.2) is 0 Å². The molecular weight excluding hydrogens is 240 g/mol. The van der Waals surface area contributed by atoms with Gasteiger partial charge in [0, 0.05) is 4.90 Å². The Labute approximate surface area is 104 Å². The predicted octanol–water partition coefficient (Wildman–Crippen LogP) is 2.16. The van der Waals surface area contributed by atoms with E-state index >= 15 is 0 Å². The van der Waals surface area contributed by atoms with E-state index in [4.69, 9.17) is 4.74 Å². The van der Waals surface area contributed by atoms with Gasteiger partial charge < -0.3 is 9.47 Å². The lowest BCUT2D eigenvalue weighted by molar-refractivity contribution is -0.137. The zero-order chi connectivity index (χ0) is 12.8. The maximum atomic E-state index is 11.8. The lowest BCUT2D eigenvalue weighted by Gasteiger charge is -2.08. The first-order valence-corrected chi connectivity index (χ1v) is 6.30. The van der Waals surface area contributed by atoms with Crippen molar-refractivity contribution in [2.24, 2.45) is 0 Å². The Bertz CT molecular complexity index is 429. The van der Waals surface area contributed by atoms with Crippen LogP contribution >= 0.6 is 11.8 Å². The third-order valence-corrected chi connectivity index (χ3v) is 2.84. The Kier molecular flexibility index (Phi) is 5.03. The third kappa shape index (κ3) is 3.23. The van der Waals surface area contributed by atoms with Crippen molar-refractivity contribution in [2.75, 3.05) is 20.0 Å². The highest BCUT2D eigenvalue weighted by Crippen LogP contribution is 2.25. The first kappa shape index (κ1) is 13.6. The van der Waals surface area contributed by atoms with Crippen molar-refractivity contribution in [1.82, 2.24) is 0 Å². The van der Waals surface area contributed by atoms with Gasteiger partial charge >= 0.3 is 5.97 Å². The van der Waals surface area contributed by atoms with E-state index in [2.05, 4.69) is 4.74 Å². The highest BCUT2D eigenvalue weighted by atomic mass is 32.2. The number of carbonyl (C=O) groups is 2. The molecule has 0 unspecified atom stereocenters. The fourth-order valence-electron chi connectivity index (χ4n) is 1.29. The fourth-order valence-corrected chi connectivity index (χ4v) is 1.72. The molecule has 5 heteroatoms. The van der Waals surface area contributed by atoms with Crippen LogP contribution in [-0.2, 0) is 9.53 Å². The highest BCUT2D eigenvalue weighted by molar-refractivity contribution is 7.98. The van der Waals surface area contributed by atoms with Crippen LogP contribution in [0.4, 0.5) is 0 Å². The molecule has 0 heterocycles. The first-order chi connectivity index (χ1) is 8.13. The molecule has 0 radical (unpaired) electrons. The number of thioether (sulfide) groups is 1. The molecule has 1 rings (SSSR count). The fraction of sp³-hybridized carbons (Fsp3) is 0.333. The van der Waals surface area contributed by atoms with Crippen LogP contribution < -0.4 is 4.74 Å². The van der Waals surface area contributed by atoms with Crippen LogP contribution in [0.2, 0.25) is 0 Å². The second kappa shape index (κ2) is 6.30. The van der Waals surface area contributed by atoms with Crippen molar-refractivity contribution in [2.45, 2.75) is 11.8 Å². The molecule has 0 aliphatic carbocycles. The summed E-state index contributed by atoms with van der Waals surface area (Å²) in [5.74, 6) is -1.16. The highest BCUT2D eigenvalue weighted by Gasteiger charge is 2.21. The molecule has 17 heavy (non-hydrogen) atoms. The number of rotatable bonds is 5. The minimum Gasteiger partial charge on any atom is -0.496 e. The van der Waals surface area contributed by atoms with Gasteiger partial charge in [-0.05, 0) is 31.4 Å². The van der Waals surface area contributed by atoms with E-state index in [1.165, 1.54) is 18.9 Å². The number of hydrogen-bond donors (Lipinski definition) is 0. The van der Waals surface area contributed by atoms with Crippen molar-refractivity contribution in [3.8, 4) is 5.75 Å². The van der Waals surface area contributed by atoms with Crippen LogP contribution in [0, 0.1) is 0 Å². The lowest BCUT2D eigenvalue weighted by atomic mass is 10.1. The number of Topliss-reactive ketones (excluding diaryl/α,β-unsaturated/α-hetero) is 1. The molecule has 0 N–H and O–H groups in total. The molecule has 0 aromatic heterocycles. The number of ketones is 1. The van der Waals surface area contributed by atoms with Gasteiger partial charge in [-0.15, -0.1) is 11.8 Å². The topological polar surface area (TPSA) is 52.6 Å². The summed E-state index contributed by atoms with van der Waals surface area (Å²) in [5, 5.41) is 0. The van der Waals surface area contributed by atoms with Crippen molar-refractivity contribution in [3.05, 3.63) is 23.8 Å². The Morgan fingerprint density at radius 1 is 1.35 bits per heavy atom. The van der Waals surface area contributed by atoms with Crippen LogP contribution in [-0.4, -0.2) is 31.7 Å². The van der Waals surface area contributed by atoms with Gasteiger partial charge in [0.1, 0.15) is 5.75 Å². The normalized spacial score (nSPS) is 9.82. The van der Waals surface area contributed by atoms with Crippen LogP contribution in [0.25, 0.3) is 0 Å². The number of carbonyl (C=O) groups excluding carboxylic acids is 2. The summed E-state index contributed by atoms with van der Waals surface area (Å²) in [5.41, 5.74) is 0.226. The van der Waals surface area contributed by atoms with Gasteiger partial charge in [0.2, 0.25) is 0 Å². The summed E-state index contributed by atoms with van der Waals surface area (Å²) in [6.07, 6.45) is 1.92. The van der Waals surface area contributed by atoms with E-state index in [9.17, 15) is 9.59 Å². The molecule has 1 aromatic carbocycles. The van der Waals surface area contributed by atoms with Crippen molar-refractivity contribution in [3.63, 3.8) is 0 Å². The maximum Gasteiger partial charge on any atom is 0.379 e. The van der Waals surface area contributed by atoms with Crippen molar-refractivity contribution in [1.29, 1.82) is 0 Å². The van der Waals surface area contributed by atoms with E-state index in [-0.39, 0.29) is 12.2 Å². The monoisotopic (exact) mass is 254 g/mol. The molecule has 0 saturated carbocycles. The molecule has 92 valence electrons. The van der Waals surface area contributed by atoms with E-state index in [0.29, 0.717) is 5.75 Å². The summed E-state index contributed by atoms with van der Waals surface area (Å²) in [4.78, 5) is 24.0. The van der Waals surface area contributed by atoms with Gasteiger partial charge in [0.05, 0.1) is 19.3 Å². The average molecular weight is 254 g/mol. The zero-order valence-electron chi connectivity index (χ0n) is 9.98. The SMILES string of the molecule is CCOC(=O)C(=O)c1ccc(SC)cc1OC. The molecule has 0 bridgehead atoms.